The van der Waals surface area contributed by atoms with Crippen LogP contribution in [0.2, 0.25) is 5.02 Å². The highest BCUT2D eigenvalue weighted by Gasteiger charge is 2.33. The Morgan fingerprint density at radius 1 is 1.19 bits per heavy atom. The highest BCUT2D eigenvalue weighted by Crippen LogP contribution is 2.43. The van der Waals surface area contributed by atoms with Crippen molar-refractivity contribution in [2.75, 3.05) is 12.4 Å². The second-order valence-corrected chi connectivity index (χ2v) is 9.32. The minimum atomic E-state index is -0.483. The molecule has 0 saturated heterocycles. The minimum Gasteiger partial charge on any atom is -0.495 e. The largest absolute Gasteiger partial charge is 0.495 e. The quantitative estimate of drug-likeness (QED) is 0.429. The summed E-state index contributed by atoms with van der Waals surface area (Å²) in [7, 11) is 1.56. The van der Waals surface area contributed by atoms with Crippen LogP contribution in [-0.4, -0.2) is 27.8 Å². The maximum Gasteiger partial charge on any atom is 0.242 e. The summed E-state index contributed by atoms with van der Waals surface area (Å²) in [6.45, 7) is 4.23. The molecular formula is C23H25ClN4O2S. The van der Waals surface area contributed by atoms with Crippen molar-refractivity contribution in [2.45, 2.75) is 49.1 Å². The molecule has 1 heterocycles. The molecule has 8 heteroatoms. The van der Waals surface area contributed by atoms with E-state index in [9.17, 15) is 4.79 Å². The van der Waals surface area contributed by atoms with Crippen molar-refractivity contribution in [1.82, 2.24) is 14.8 Å². The Morgan fingerprint density at radius 3 is 2.55 bits per heavy atom. The lowest BCUT2D eigenvalue weighted by molar-refractivity contribution is -0.115. The molecule has 0 bridgehead atoms. The van der Waals surface area contributed by atoms with Gasteiger partial charge in [-0.05, 0) is 36.6 Å². The standard InChI is InChI=1S/C23H25ClN4O2S/c1-14(2)21-26-27-23(28(21)17-10-11-17)31-20(15-7-5-4-6-8-15)22(29)25-16-9-12-19(30-3)18(24)13-16/h4-9,12-14,17,20H,10-11H2,1-3H3,(H,25,29). The molecule has 1 amide bonds. The molecule has 3 aromatic rings. The van der Waals surface area contributed by atoms with E-state index < -0.39 is 5.25 Å². The Balaban J connectivity index is 1.63. The Bertz CT molecular complexity index is 1070. The summed E-state index contributed by atoms with van der Waals surface area (Å²) in [6, 6.07) is 15.4. The van der Waals surface area contributed by atoms with Crippen molar-refractivity contribution in [1.29, 1.82) is 0 Å². The Kier molecular flexibility index (Phi) is 6.53. The third-order valence-corrected chi connectivity index (χ3v) is 6.61. The molecule has 31 heavy (non-hydrogen) atoms. The molecule has 1 aliphatic carbocycles. The number of benzene rings is 2. The third-order valence-electron chi connectivity index (χ3n) is 5.10. The molecule has 1 saturated carbocycles. The fourth-order valence-corrected chi connectivity index (χ4v) is 4.77. The van der Waals surface area contributed by atoms with Crippen LogP contribution >= 0.6 is 23.4 Å². The molecule has 0 aliphatic heterocycles. The van der Waals surface area contributed by atoms with Gasteiger partial charge >= 0.3 is 0 Å². The van der Waals surface area contributed by atoms with Crippen molar-refractivity contribution < 1.29 is 9.53 Å². The van der Waals surface area contributed by atoms with Crippen LogP contribution in [0, 0.1) is 0 Å². The van der Waals surface area contributed by atoms with E-state index in [-0.39, 0.29) is 11.8 Å². The van der Waals surface area contributed by atoms with Gasteiger partial charge in [-0.15, -0.1) is 10.2 Å². The van der Waals surface area contributed by atoms with E-state index in [0.29, 0.717) is 22.5 Å². The number of halogens is 1. The zero-order chi connectivity index (χ0) is 22.0. The van der Waals surface area contributed by atoms with Gasteiger partial charge in [0.25, 0.3) is 0 Å². The lowest BCUT2D eigenvalue weighted by Crippen LogP contribution is -2.19. The number of carbonyl (C=O) groups is 1. The number of aromatic nitrogens is 3. The van der Waals surface area contributed by atoms with Crippen LogP contribution < -0.4 is 10.1 Å². The lowest BCUT2D eigenvalue weighted by Gasteiger charge is -2.18. The molecule has 1 atom stereocenters. The van der Waals surface area contributed by atoms with Crippen LogP contribution in [0.25, 0.3) is 0 Å². The summed E-state index contributed by atoms with van der Waals surface area (Å²) in [6.07, 6.45) is 2.25. The number of ether oxygens (including phenoxy) is 1. The topological polar surface area (TPSA) is 69.0 Å². The molecule has 4 rings (SSSR count). The zero-order valence-corrected chi connectivity index (χ0v) is 19.3. The van der Waals surface area contributed by atoms with E-state index in [4.69, 9.17) is 16.3 Å². The number of hydrogen-bond donors (Lipinski definition) is 1. The van der Waals surface area contributed by atoms with Crippen molar-refractivity contribution in [3.05, 3.63) is 64.9 Å². The summed E-state index contributed by atoms with van der Waals surface area (Å²) in [4.78, 5) is 13.4. The Hall–Kier alpha value is -2.51. The first-order valence-electron chi connectivity index (χ1n) is 10.3. The summed E-state index contributed by atoms with van der Waals surface area (Å²) in [5, 5.41) is 12.6. The van der Waals surface area contributed by atoms with Crippen molar-refractivity contribution >= 4 is 35.0 Å². The van der Waals surface area contributed by atoms with Gasteiger partial charge in [-0.3, -0.25) is 4.79 Å². The molecule has 1 fully saturated rings. The zero-order valence-electron chi connectivity index (χ0n) is 17.7. The lowest BCUT2D eigenvalue weighted by atomic mass is 10.1. The predicted octanol–water partition coefficient (Wildman–Crippen LogP) is 5.87. The van der Waals surface area contributed by atoms with Crippen LogP contribution in [-0.2, 0) is 4.79 Å². The van der Waals surface area contributed by atoms with Gasteiger partial charge in [-0.1, -0.05) is 67.5 Å². The van der Waals surface area contributed by atoms with Gasteiger partial charge in [-0.25, -0.2) is 0 Å². The first-order chi connectivity index (χ1) is 15.0. The van der Waals surface area contributed by atoms with Gasteiger partial charge < -0.3 is 14.6 Å². The number of nitrogens with one attached hydrogen (secondary N) is 1. The van der Waals surface area contributed by atoms with Crippen molar-refractivity contribution in [3.63, 3.8) is 0 Å². The number of carbonyl (C=O) groups excluding carboxylic acids is 1. The maximum absolute atomic E-state index is 13.4. The van der Waals surface area contributed by atoms with Gasteiger partial charge in [0.1, 0.15) is 16.8 Å². The van der Waals surface area contributed by atoms with Gasteiger partial charge in [0.05, 0.1) is 12.1 Å². The fraction of sp³-hybridized carbons (Fsp3) is 0.348. The highest BCUT2D eigenvalue weighted by atomic mass is 35.5. The molecule has 0 radical (unpaired) electrons. The molecule has 2 aromatic carbocycles. The van der Waals surface area contributed by atoms with E-state index >= 15 is 0 Å². The second kappa shape index (κ2) is 9.32. The van der Waals surface area contributed by atoms with E-state index in [1.165, 1.54) is 11.8 Å². The average molecular weight is 457 g/mol. The van der Waals surface area contributed by atoms with Crippen LogP contribution in [0.5, 0.6) is 5.75 Å². The maximum atomic E-state index is 13.4. The second-order valence-electron chi connectivity index (χ2n) is 7.84. The molecule has 162 valence electrons. The molecule has 1 aromatic heterocycles. The SMILES string of the molecule is COc1ccc(NC(=O)C(Sc2nnc(C(C)C)n2C2CC2)c2ccccc2)cc1Cl. The van der Waals surface area contributed by atoms with Crippen LogP contribution in [0.15, 0.2) is 53.7 Å². The molecule has 0 spiro atoms. The van der Waals surface area contributed by atoms with E-state index in [0.717, 1.165) is 29.4 Å². The van der Waals surface area contributed by atoms with Crippen LogP contribution in [0.1, 0.15) is 55.3 Å². The van der Waals surface area contributed by atoms with Gasteiger partial charge in [0, 0.05) is 17.6 Å². The third kappa shape index (κ3) is 4.88. The monoisotopic (exact) mass is 456 g/mol. The van der Waals surface area contributed by atoms with Crippen LogP contribution in [0.3, 0.4) is 0 Å². The van der Waals surface area contributed by atoms with Crippen molar-refractivity contribution in [3.8, 4) is 5.75 Å². The first kappa shape index (κ1) is 21.7. The van der Waals surface area contributed by atoms with Gasteiger partial charge in [0.2, 0.25) is 5.91 Å². The minimum absolute atomic E-state index is 0.145. The number of hydrogen-bond acceptors (Lipinski definition) is 5. The Morgan fingerprint density at radius 2 is 1.94 bits per heavy atom. The number of methoxy groups -OCH3 is 1. The summed E-state index contributed by atoms with van der Waals surface area (Å²) < 4.78 is 7.41. The predicted molar refractivity (Wildman–Crippen MR) is 124 cm³/mol. The van der Waals surface area contributed by atoms with E-state index in [1.807, 2.05) is 30.3 Å². The molecule has 1 N–H and O–H groups in total. The number of anilines is 1. The molecule has 6 nitrogen and oxygen atoms in total. The van der Waals surface area contributed by atoms with E-state index in [2.05, 4.69) is 33.9 Å². The highest BCUT2D eigenvalue weighted by molar-refractivity contribution is 8.00. The smallest absolute Gasteiger partial charge is 0.242 e. The number of nitrogens with zero attached hydrogens (tertiary/aromatic N) is 3. The number of rotatable bonds is 8. The normalized spacial score (nSPS) is 14.5. The average Bonchev–Trinajstić information content (AvgIpc) is 3.51. The molecular weight excluding hydrogens is 432 g/mol. The summed E-state index contributed by atoms with van der Waals surface area (Å²) in [5.41, 5.74) is 1.52. The van der Waals surface area contributed by atoms with Crippen molar-refractivity contribution in [2.24, 2.45) is 0 Å². The van der Waals surface area contributed by atoms with Gasteiger partial charge in [0.15, 0.2) is 5.16 Å². The number of amides is 1. The number of thioether (sulfide) groups is 1. The van der Waals surface area contributed by atoms with Crippen LogP contribution in [0.4, 0.5) is 5.69 Å². The summed E-state index contributed by atoms with van der Waals surface area (Å²) >= 11 is 7.66. The first-order valence-corrected chi connectivity index (χ1v) is 11.5. The molecule has 1 unspecified atom stereocenters. The van der Waals surface area contributed by atoms with E-state index in [1.54, 1.807) is 25.3 Å². The summed E-state index contributed by atoms with van der Waals surface area (Å²) in [5.74, 6) is 1.66. The fourth-order valence-electron chi connectivity index (χ4n) is 3.40. The Labute approximate surface area is 191 Å². The van der Waals surface area contributed by atoms with Gasteiger partial charge in [-0.2, -0.15) is 0 Å². The molecule has 1 aliphatic rings.